The van der Waals surface area contributed by atoms with Crippen LogP contribution in [0.25, 0.3) is 22.0 Å². The maximum absolute atomic E-state index is 12.0. The van der Waals surface area contributed by atoms with Gasteiger partial charge in [-0.15, -0.1) is 10.2 Å². The van der Waals surface area contributed by atoms with Crippen LogP contribution in [-0.4, -0.2) is 25.9 Å². The standard InChI is InChI=1S/C28H20ClN3O4/c29-18-13-14-23-22(15-18)26(27(34)32(23)16-17-7-2-1-3-8-17)31-30-25-20(10-6-11-21(25)28(35)36)19-9-4-5-12-24(19)33/h1-15,33-34H,16H2,(H,35,36). The Balaban J connectivity index is 1.69. The van der Waals surface area contributed by atoms with Crippen molar-refractivity contribution in [3.05, 3.63) is 107 Å². The van der Waals surface area contributed by atoms with E-state index >= 15 is 0 Å². The van der Waals surface area contributed by atoms with Gasteiger partial charge in [0.25, 0.3) is 0 Å². The van der Waals surface area contributed by atoms with Crippen molar-refractivity contribution in [2.75, 3.05) is 0 Å². The lowest BCUT2D eigenvalue weighted by atomic mass is 9.99. The highest BCUT2D eigenvalue weighted by molar-refractivity contribution is 6.31. The molecule has 0 saturated carbocycles. The second kappa shape index (κ2) is 9.56. The van der Waals surface area contributed by atoms with Crippen LogP contribution in [0.15, 0.2) is 101 Å². The molecule has 3 N–H and O–H groups in total. The van der Waals surface area contributed by atoms with Gasteiger partial charge in [-0.25, -0.2) is 4.79 Å². The number of carbonyl (C=O) groups is 1. The summed E-state index contributed by atoms with van der Waals surface area (Å²) in [7, 11) is 0. The van der Waals surface area contributed by atoms with Gasteiger partial charge in [0.2, 0.25) is 5.88 Å². The average molecular weight is 498 g/mol. The first-order valence-corrected chi connectivity index (χ1v) is 11.4. The maximum atomic E-state index is 12.0. The molecule has 36 heavy (non-hydrogen) atoms. The second-order valence-corrected chi connectivity index (χ2v) is 8.57. The van der Waals surface area contributed by atoms with Crippen molar-refractivity contribution in [3.63, 3.8) is 0 Å². The molecule has 0 saturated heterocycles. The first kappa shape index (κ1) is 23.1. The number of carboxylic acids is 1. The number of phenols is 1. The fraction of sp³-hybridized carbons (Fsp3) is 0.0357. The van der Waals surface area contributed by atoms with Crippen molar-refractivity contribution >= 4 is 39.8 Å². The highest BCUT2D eigenvalue weighted by Gasteiger charge is 2.20. The SMILES string of the molecule is O=C(O)c1cccc(-c2ccccc2O)c1N=Nc1c(O)n(Cc2ccccc2)c2ccc(Cl)cc12. The zero-order chi connectivity index (χ0) is 25.2. The van der Waals surface area contributed by atoms with Gasteiger partial charge >= 0.3 is 5.97 Å². The van der Waals surface area contributed by atoms with Crippen LogP contribution in [0.1, 0.15) is 15.9 Å². The van der Waals surface area contributed by atoms with E-state index in [4.69, 9.17) is 11.6 Å². The minimum atomic E-state index is -1.19. The Morgan fingerprint density at radius 2 is 1.50 bits per heavy atom. The molecular formula is C28H20ClN3O4. The summed E-state index contributed by atoms with van der Waals surface area (Å²) in [6.07, 6.45) is 0. The number of para-hydroxylation sites is 1. The van der Waals surface area contributed by atoms with Crippen LogP contribution in [0.2, 0.25) is 5.02 Å². The average Bonchev–Trinajstić information content (AvgIpc) is 3.13. The highest BCUT2D eigenvalue weighted by atomic mass is 35.5. The number of carboxylic acid groups (broad SMARTS) is 1. The van der Waals surface area contributed by atoms with Gasteiger partial charge < -0.3 is 19.9 Å². The summed E-state index contributed by atoms with van der Waals surface area (Å²) >= 11 is 6.25. The van der Waals surface area contributed by atoms with Gasteiger partial charge in [0.1, 0.15) is 11.4 Å². The Kier molecular flexibility index (Phi) is 6.14. The van der Waals surface area contributed by atoms with Crippen LogP contribution in [0, 0.1) is 0 Å². The van der Waals surface area contributed by atoms with E-state index in [1.807, 2.05) is 30.3 Å². The molecule has 0 fully saturated rings. The van der Waals surface area contributed by atoms with Gasteiger partial charge in [0, 0.05) is 21.5 Å². The molecular weight excluding hydrogens is 478 g/mol. The quantitative estimate of drug-likeness (QED) is 0.211. The van der Waals surface area contributed by atoms with Crippen molar-refractivity contribution in [2.24, 2.45) is 10.2 Å². The molecule has 0 aliphatic heterocycles. The smallest absolute Gasteiger partial charge is 0.337 e. The van der Waals surface area contributed by atoms with Gasteiger partial charge in [-0.05, 0) is 35.9 Å². The molecule has 178 valence electrons. The molecule has 5 aromatic rings. The molecule has 1 heterocycles. The molecule has 1 aromatic heterocycles. The monoisotopic (exact) mass is 497 g/mol. The molecule has 5 rings (SSSR count). The summed E-state index contributed by atoms with van der Waals surface area (Å²) in [5.74, 6) is -1.35. The van der Waals surface area contributed by atoms with Crippen molar-refractivity contribution in [1.29, 1.82) is 0 Å². The molecule has 0 unspecified atom stereocenters. The van der Waals surface area contributed by atoms with Crippen LogP contribution in [-0.2, 0) is 6.54 Å². The van der Waals surface area contributed by atoms with E-state index in [1.165, 1.54) is 12.1 Å². The van der Waals surface area contributed by atoms with E-state index in [0.29, 0.717) is 33.6 Å². The zero-order valence-electron chi connectivity index (χ0n) is 18.8. The number of aromatic carboxylic acids is 1. The Labute approximate surface area is 211 Å². The third-order valence-electron chi connectivity index (χ3n) is 5.87. The van der Waals surface area contributed by atoms with Gasteiger partial charge in [-0.2, -0.15) is 0 Å². The summed E-state index contributed by atoms with van der Waals surface area (Å²) in [6.45, 7) is 0.384. The number of rotatable bonds is 6. The third-order valence-corrected chi connectivity index (χ3v) is 6.10. The fourth-order valence-corrected chi connectivity index (χ4v) is 4.33. The molecule has 4 aromatic carbocycles. The first-order valence-electron chi connectivity index (χ1n) is 11.0. The number of hydrogen-bond donors (Lipinski definition) is 3. The molecule has 8 heteroatoms. The van der Waals surface area contributed by atoms with E-state index in [2.05, 4.69) is 10.2 Å². The number of halogens is 1. The van der Waals surface area contributed by atoms with Gasteiger partial charge in [0.05, 0.1) is 17.6 Å². The van der Waals surface area contributed by atoms with Crippen molar-refractivity contribution in [2.45, 2.75) is 6.54 Å². The molecule has 0 spiro atoms. The van der Waals surface area contributed by atoms with Crippen LogP contribution >= 0.6 is 11.6 Å². The summed E-state index contributed by atoms with van der Waals surface area (Å²) in [5, 5.41) is 41.0. The number of fused-ring (bicyclic) bond motifs is 1. The van der Waals surface area contributed by atoms with Crippen LogP contribution < -0.4 is 0 Å². The van der Waals surface area contributed by atoms with Gasteiger partial charge in [-0.1, -0.05) is 72.3 Å². The van der Waals surface area contributed by atoms with Gasteiger partial charge in [-0.3, -0.25) is 0 Å². The van der Waals surface area contributed by atoms with Gasteiger partial charge in [0.15, 0.2) is 5.69 Å². The summed E-state index contributed by atoms with van der Waals surface area (Å²) in [5.41, 5.74) is 2.59. The molecule has 0 amide bonds. The molecule has 7 nitrogen and oxygen atoms in total. The maximum Gasteiger partial charge on any atom is 0.337 e. The van der Waals surface area contributed by atoms with E-state index in [-0.39, 0.29) is 28.6 Å². The van der Waals surface area contributed by atoms with Crippen LogP contribution in [0.3, 0.4) is 0 Å². The largest absolute Gasteiger partial charge is 0.507 e. The lowest BCUT2D eigenvalue weighted by Crippen LogP contribution is -1.98. The summed E-state index contributed by atoms with van der Waals surface area (Å²) in [4.78, 5) is 12.0. The summed E-state index contributed by atoms with van der Waals surface area (Å²) in [6, 6.07) is 26.1. The molecule has 0 aliphatic rings. The van der Waals surface area contributed by atoms with Crippen molar-refractivity contribution in [3.8, 4) is 22.8 Å². The predicted octanol–water partition coefficient (Wildman–Crippen LogP) is 7.53. The third kappa shape index (κ3) is 4.28. The lowest BCUT2D eigenvalue weighted by molar-refractivity contribution is 0.0697. The highest BCUT2D eigenvalue weighted by Crippen LogP contribution is 2.43. The van der Waals surface area contributed by atoms with E-state index < -0.39 is 5.97 Å². The first-order chi connectivity index (χ1) is 17.4. The number of benzene rings is 4. The number of aromatic nitrogens is 1. The predicted molar refractivity (Wildman–Crippen MR) is 139 cm³/mol. The Bertz CT molecular complexity index is 1630. The second-order valence-electron chi connectivity index (χ2n) is 8.13. The lowest BCUT2D eigenvalue weighted by Gasteiger charge is -2.10. The van der Waals surface area contributed by atoms with Crippen LogP contribution in [0.5, 0.6) is 11.6 Å². The van der Waals surface area contributed by atoms with E-state index in [1.54, 1.807) is 53.1 Å². The molecule has 0 atom stereocenters. The zero-order valence-corrected chi connectivity index (χ0v) is 19.6. The Morgan fingerprint density at radius 3 is 2.25 bits per heavy atom. The normalized spacial score (nSPS) is 11.4. The number of hydrogen-bond acceptors (Lipinski definition) is 5. The van der Waals surface area contributed by atoms with E-state index in [9.17, 15) is 20.1 Å². The Hall–Kier alpha value is -4.62. The van der Waals surface area contributed by atoms with E-state index in [0.717, 1.165) is 5.56 Å². The van der Waals surface area contributed by atoms with Crippen molar-refractivity contribution < 1.29 is 20.1 Å². The Morgan fingerprint density at radius 1 is 0.806 bits per heavy atom. The number of aromatic hydroxyl groups is 2. The van der Waals surface area contributed by atoms with Crippen LogP contribution in [0.4, 0.5) is 11.4 Å². The molecule has 0 bridgehead atoms. The number of nitrogens with zero attached hydrogens (tertiary/aromatic N) is 3. The number of azo groups is 1. The number of phenolic OH excluding ortho intramolecular Hbond substituents is 1. The molecule has 0 radical (unpaired) electrons. The fourth-order valence-electron chi connectivity index (χ4n) is 4.16. The minimum Gasteiger partial charge on any atom is -0.507 e. The summed E-state index contributed by atoms with van der Waals surface area (Å²) < 4.78 is 1.70. The van der Waals surface area contributed by atoms with Crippen molar-refractivity contribution in [1.82, 2.24) is 4.57 Å². The minimum absolute atomic E-state index is 0.0226. The topological polar surface area (TPSA) is 107 Å². The molecule has 0 aliphatic carbocycles.